The molecule has 0 saturated carbocycles. The molecule has 4 nitrogen and oxygen atoms in total. The predicted molar refractivity (Wildman–Crippen MR) is 59.6 cm³/mol. The van der Waals surface area contributed by atoms with Gasteiger partial charge in [-0.15, -0.1) is 4.31 Å². The molecule has 1 N–H and O–H groups in total. The lowest BCUT2D eigenvalue weighted by molar-refractivity contribution is -0.434. The monoisotopic (exact) mass is 529 g/mol. The molecule has 0 radical (unpaired) electrons. The van der Waals surface area contributed by atoms with Gasteiger partial charge < -0.3 is 5.11 Å². The Hall–Kier alpha value is -1.32. The lowest BCUT2D eigenvalue weighted by atomic mass is 9.98. The van der Waals surface area contributed by atoms with Crippen LogP contribution in [0, 0.1) is 0 Å². The second kappa shape index (κ2) is 7.09. The molecule has 0 fully saturated rings. The third-order valence-electron chi connectivity index (χ3n) is 3.37. The highest BCUT2D eigenvalue weighted by Crippen LogP contribution is 2.61. The Kier molecular flexibility index (Phi) is 6.79. The smallest absolute Gasteiger partial charge is 0.342 e. The van der Waals surface area contributed by atoms with Crippen molar-refractivity contribution in [1.29, 1.82) is 0 Å². The van der Waals surface area contributed by atoms with E-state index in [2.05, 4.69) is 0 Å². The summed E-state index contributed by atoms with van der Waals surface area (Å²) in [7, 11) is -9.56. The summed E-state index contributed by atoms with van der Waals surface area (Å²) in [4.78, 5) is 0. The van der Waals surface area contributed by atoms with E-state index in [1.54, 1.807) is 0 Å². The van der Waals surface area contributed by atoms with Gasteiger partial charge in [0.05, 0.1) is 0 Å². The molecule has 0 heterocycles. The molecular weight excluding hydrogens is 525 g/mol. The van der Waals surface area contributed by atoms with Gasteiger partial charge in [0.15, 0.2) is 0 Å². The van der Waals surface area contributed by atoms with Crippen LogP contribution in [0.15, 0.2) is 0 Å². The lowest BCUT2D eigenvalue weighted by Gasteiger charge is -2.40. The van der Waals surface area contributed by atoms with Crippen LogP contribution in [0.25, 0.3) is 0 Å². The molecular formula is C9H4F17NO3S. The van der Waals surface area contributed by atoms with Gasteiger partial charge in [-0.05, 0) is 0 Å². The molecule has 0 aliphatic heterocycles. The Labute approximate surface area is 158 Å². The Morgan fingerprint density at radius 1 is 0.548 bits per heavy atom. The van der Waals surface area contributed by atoms with Gasteiger partial charge in [0.2, 0.25) is 0 Å². The molecule has 0 aromatic carbocycles. The van der Waals surface area contributed by atoms with Crippen molar-refractivity contribution in [1.82, 2.24) is 4.31 Å². The molecule has 0 spiro atoms. The zero-order valence-corrected chi connectivity index (χ0v) is 14.4. The van der Waals surface area contributed by atoms with Crippen LogP contribution in [0.2, 0.25) is 0 Å². The maximum atomic E-state index is 13.5. The van der Waals surface area contributed by atoms with Crippen LogP contribution >= 0.6 is 0 Å². The minimum Gasteiger partial charge on any atom is -0.342 e. The van der Waals surface area contributed by atoms with Crippen LogP contribution in [0.4, 0.5) is 74.6 Å². The zero-order chi connectivity index (χ0) is 26.1. The molecule has 22 heteroatoms. The summed E-state index contributed by atoms with van der Waals surface area (Å²) in [6, 6.07) is 0. The van der Waals surface area contributed by atoms with Gasteiger partial charge in [-0.25, -0.2) is 8.42 Å². The van der Waals surface area contributed by atoms with Crippen LogP contribution in [-0.4, -0.2) is 72.2 Å². The van der Waals surface area contributed by atoms with Gasteiger partial charge >= 0.3 is 47.3 Å². The first kappa shape index (κ1) is 29.7. The molecule has 0 saturated heterocycles. The van der Waals surface area contributed by atoms with Crippen molar-refractivity contribution in [3.63, 3.8) is 0 Å². The molecule has 31 heavy (non-hydrogen) atoms. The van der Waals surface area contributed by atoms with Crippen LogP contribution < -0.4 is 0 Å². The highest BCUT2D eigenvalue weighted by Gasteiger charge is 2.93. The molecule has 1 atom stereocenters. The lowest BCUT2D eigenvalue weighted by Crippen LogP contribution is -2.72. The molecule has 0 aromatic rings. The topological polar surface area (TPSA) is 57.6 Å². The van der Waals surface area contributed by atoms with Crippen molar-refractivity contribution in [2.75, 3.05) is 7.05 Å². The summed E-state index contributed by atoms with van der Waals surface area (Å²) in [5.41, 5.74) is 0. The maximum Gasteiger partial charge on any atom is 0.465 e. The fourth-order valence-electron chi connectivity index (χ4n) is 1.43. The number of sulfonamides is 1. The van der Waals surface area contributed by atoms with E-state index in [1.165, 1.54) is 0 Å². The van der Waals surface area contributed by atoms with Crippen molar-refractivity contribution in [3.05, 3.63) is 0 Å². The van der Waals surface area contributed by atoms with Gasteiger partial charge in [0.25, 0.3) is 10.0 Å². The number of hydrogen-bond donors (Lipinski definition) is 1. The molecule has 1 unspecified atom stereocenters. The Morgan fingerprint density at radius 2 is 0.839 bits per heavy atom. The number of rotatable bonds is 7. The summed E-state index contributed by atoms with van der Waals surface area (Å²) in [6.45, 7) is 0. The van der Waals surface area contributed by atoms with E-state index in [0.29, 0.717) is 0 Å². The van der Waals surface area contributed by atoms with Crippen LogP contribution in [0.1, 0.15) is 0 Å². The fraction of sp³-hybridized carbons (Fsp3) is 1.00. The predicted octanol–water partition coefficient (Wildman–Crippen LogP) is 4.12. The third kappa shape index (κ3) is 3.76. The quantitative estimate of drug-likeness (QED) is 0.307. The average Bonchev–Trinajstić information content (AvgIpc) is 2.50. The summed E-state index contributed by atoms with van der Waals surface area (Å²) >= 11 is 0. The second-order valence-electron chi connectivity index (χ2n) is 5.37. The van der Waals surface area contributed by atoms with E-state index in [4.69, 9.17) is 5.11 Å². The minimum atomic E-state index is -8.66. The van der Waals surface area contributed by atoms with Gasteiger partial charge in [0, 0.05) is 7.05 Å². The first-order valence-electron chi connectivity index (χ1n) is 6.33. The first-order valence-corrected chi connectivity index (χ1v) is 7.77. The van der Waals surface area contributed by atoms with Crippen molar-refractivity contribution in [2.45, 2.75) is 47.3 Å². The maximum absolute atomic E-state index is 13.5. The molecule has 0 aliphatic carbocycles. The Morgan fingerprint density at radius 3 is 1.10 bits per heavy atom. The highest BCUT2D eigenvalue weighted by molar-refractivity contribution is 7.90. The van der Waals surface area contributed by atoms with Gasteiger partial charge in [-0.2, -0.15) is 74.6 Å². The van der Waals surface area contributed by atoms with Gasteiger partial charge in [-0.3, -0.25) is 0 Å². The highest BCUT2D eigenvalue weighted by atomic mass is 32.2. The van der Waals surface area contributed by atoms with E-state index < -0.39 is 68.7 Å². The van der Waals surface area contributed by atoms with Crippen molar-refractivity contribution < 1.29 is 88.2 Å². The van der Waals surface area contributed by atoms with E-state index in [-0.39, 0.29) is 0 Å². The molecule has 0 aliphatic rings. The SMILES string of the molecule is CN(C(O)(F)C(F)(F)F)S(=O)(=O)C(F)(F)C(F)(F)C(F)(F)C(F)(F)C(F)(F)C(F)(F)F. The van der Waals surface area contributed by atoms with E-state index >= 15 is 0 Å². The largest absolute Gasteiger partial charge is 0.465 e. The molecule has 0 aromatic heterocycles. The summed E-state index contributed by atoms with van der Waals surface area (Å²) < 4.78 is 236. The fourth-order valence-corrected chi connectivity index (χ4v) is 2.64. The molecule has 0 bridgehead atoms. The normalized spacial score (nSPS) is 18.3. The standard InChI is InChI=1S/C9H4F17NO3S/c1-27(9(26,28)7(21,22)23)31(29,30)8(24,25)5(16,17)3(12,13)2(10,11)4(14,15)6(18,19)20/h28H,1H3. The first-order chi connectivity index (χ1) is 12.9. The number of hydrogen-bond acceptors (Lipinski definition) is 3. The molecule has 0 amide bonds. The Balaban J connectivity index is 6.85. The zero-order valence-electron chi connectivity index (χ0n) is 13.5. The van der Waals surface area contributed by atoms with E-state index in [0.717, 1.165) is 0 Å². The number of halogens is 17. The molecule has 188 valence electrons. The van der Waals surface area contributed by atoms with Crippen molar-refractivity contribution in [3.8, 4) is 0 Å². The van der Waals surface area contributed by atoms with Crippen molar-refractivity contribution >= 4 is 10.0 Å². The Bertz CT molecular complexity index is 780. The average molecular weight is 529 g/mol. The summed E-state index contributed by atoms with van der Waals surface area (Å²) in [6.07, 6.45) is -14.8. The minimum absolute atomic E-state index is 1.16. The van der Waals surface area contributed by atoms with Crippen LogP contribution in [0.5, 0.6) is 0 Å². The summed E-state index contributed by atoms with van der Waals surface area (Å²) in [5.74, 6) is -40.6. The van der Waals surface area contributed by atoms with Gasteiger partial charge in [-0.1, -0.05) is 0 Å². The number of nitrogens with zero attached hydrogens (tertiary/aromatic N) is 1. The van der Waals surface area contributed by atoms with Crippen LogP contribution in [0.3, 0.4) is 0 Å². The molecule has 0 rings (SSSR count). The number of aliphatic hydroxyl groups is 1. The van der Waals surface area contributed by atoms with E-state index in [1.807, 2.05) is 0 Å². The second-order valence-corrected chi connectivity index (χ2v) is 7.38. The van der Waals surface area contributed by atoms with Crippen LogP contribution in [-0.2, 0) is 10.0 Å². The summed E-state index contributed by atoms with van der Waals surface area (Å²) in [5, 5.41) is 0.111. The van der Waals surface area contributed by atoms with E-state index in [9.17, 15) is 83.1 Å². The number of alkyl halides is 17. The van der Waals surface area contributed by atoms with Crippen molar-refractivity contribution in [2.24, 2.45) is 0 Å². The van der Waals surface area contributed by atoms with Gasteiger partial charge in [0.1, 0.15) is 0 Å². The third-order valence-corrected chi connectivity index (χ3v) is 5.23.